The Labute approximate surface area is 70.6 Å². The van der Waals surface area contributed by atoms with Crippen molar-refractivity contribution in [1.29, 1.82) is 0 Å². The number of rotatable bonds is 2. The zero-order valence-corrected chi connectivity index (χ0v) is 6.70. The second kappa shape index (κ2) is 4.33. The maximum atomic E-state index is 10.6. The van der Waals surface area contributed by atoms with Crippen LogP contribution in [0.15, 0.2) is 18.3 Å². The molecule has 0 atom stereocenters. The Morgan fingerprint density at radius 2 is 2.67 bits per heavy atom. The second-order valence-corrected chi connectivity index (χ2v) is 2.14. The van der Waals surface area contributed by atoms with Gasteiger partial charge in [-0.05, 0) is 11.6 Å². The monoisotopic (exact) mass is 165 g/mol. The van der Waals surface area contributed by atoms with Gasteiger partial charge in [-0.2, -0.15) is 0 Å². The van der Waals surface area contributed by atoms with E-state index in [9.17, 15) is 4.79 Å². The van der Waals surface area contributed by atoms with Gasteiger partial charge in [0.25, 0.3) is 0 Å². The summed E-state index contributed by atoms with van der Waals surface area (Å²) in [6.07, 6.45) is 3.83. The number of nitrogens with one attached hydrogen (secondary N) is 1. The van der Waals surface area contributed by atoms with Crippen LogP contribution in [0.1, 0.15) is 5.56 Å². The van der Waals surface area contributed by atoms with Crippen molar-refractivity contribution in [3.05, 3.63) is 30.1 Å². The van der Waals surface area contributed by atoms with Crippen molar-refractivity contribution in [1.82, 2.24) is 10.3 Å². The number of methoxy groups -OCH3 is 1. The number of hydrogen-bond donors (Lipinski definition) is 1. The van der Waals surface area contributed by atoms with Gasteiger partial charge in [0.2, 0.25) is 0 Å². The molecule has 1 radical (unpaired) electrons. The van der Waals surface area contributed by atoms with Crippen LogP contribution < -0.4 is 5.32 Å². The van der Waals surface area contributed by atoms with E-state index in [-0.39, 0.29) is 0 Å². The highest BCUT2D eigenvalue weighted by molar-refractivity contribution is 5.66. The third kappa shape index (κ3) is 2.57. The molecule has 1 amide bonds. The van der Waals surface area contributed by atoms with Crippen LogP contribution in [0.5, 0.6) is 0 Å². The lowest BCUT2D eigenvalue weighted by Gasteiger charge is -2.01. The Balaban J connectivity index is 2.38. The van der Waals surface area contributed by atoms with E-state index in [1.54, 1.807) is 12.3 Å². The molecule has 12 heavy (non-hydrogen) atoms. The molecule has 1 aromatic rings. The van der Waals surface area contributed by atoms with Gasteiger partial charge >= 0.3 is 6.09 Å². The van der Waals surface area contributed by atoms with Crippen molar-refractivity contribution in [2.45, 2.75) is 6.54 Å². The fraction of sp³-hybridized carbons (Fsp3) is 0.250. The molecule has 0 spiro atoms. The molecule has 4 heteroatoms. The Kier molecular flexibility index (Phi) is 3.07. The molecule has 1 heterocycles. The lowest BCUT2D eigenvalue weighted by molar-refractivity contribution is 0.170. The predicted octanol–water partition coefficient (Wildman–Crippen LogP) is 0.738. The molecule has 0 saturated heterocycles. The van der Waals surface area contributed by atoms with Gasteiger partial charge in [0.1, 0.15) is 0 Å². The predicted molar refractivity (Wildman–Crippen MR) is 42.3 cm³/mol. The molecule has 1 N–H and O–H groups in total. The summed E-state index contributed by atoms with van der Waals surface area (Å²) in [7, 11) is 1.33. The highest BCUT2D eigenvalue weighted by atomic mass is 16.5. The standard InChI is InChI=1S/C8H9N2O2/c1-12-8(11)10-6-7-3-2-4-9-5-7/h2-3,5H,6H2,1H3,(H,10,11). The van der Waals surface area contributed by atoms with E-state index < -0.39 is 6.09 Å². The maximum Gasteiger partial charge on any atom is 0.407 e. The fourth-order valence-electron chi connectivity index (χ4n) is 0.702. The van der Waals surface area contributed by atoms with E-state index in [0.29, 0.717) is 6.54 Å². The van der Waals surface area contributed by atoms with E-state index in [1.807, 2.05) is 6.07 Å². The number of hydrogen-bond acceptors (Lipinski definition) is 3. The average Bonchev–Trinajstić information content (AvgIpc) is 2.16. The van der Waals surface area contributed by atoms with Crippen LogP contribution in [0.2, 0.25) is 0 Å². The SMILES string of the molecule is COC(=O)NCc1cc[c]nc1. The fourth-order valence-corrected chi connectivity index (χ4v) is 0.702. The third-order valence-corrected chi connectivity index (χ3v) is 1.30. The van der Waals surface area contributed by atoms with E-state index in [4.69, 9.17) is 0 Å². The Bertz CT molecular complexity index is 248. The van der Waals surface area contributed by atoms with Gasteiger partial charge in [-0.25, -0.2) is 4.79 Å². The van der Waals surface area contributed by atoms with Gasteiger partial charge in [-0.1, -0.05) is 6.07 Å². The van der Waals surface area contributed by atoms with E-state index in [0.717, 1.165) is 5.56 Å². The highest BCUT2D eigenvalue weighted by Gasteiger charge is 1.97. The first-order valence-corrected chi connectivity index (χ1v) is 3.45. The van der Waals surface area contributed by atoms with Gasteiger partial charge in [0.05, 0.1) is 13.3 Å². The number of nitrogens with zero attached hydrogens (tertiary/aromatic N) is 1. The van der Waals surface area contributed by atoms with Gasteiger partial charge in [0, 0.05) is 12.7 Å². The van der Waals surface area contributed by atoms with Crippen molar-refractivity contribution in [3.63, 3.8) is 0 Å². The number of aromatic nitrogens is 1. The Morgan fingerprint density at radius 3 is 3.25 bits per heavy atom. The summed E-state index contributed by atoms with van der Waals surface area (Å²) >= 11 is 0. The van der Waals surface area contributed by atoms with Crippen molar-refractivity contribution in [2.75, 3.05) is 7.11 Å². The largest absolute Gasteiger partial charge is 0.453 e. The van der Waals surface area contributed by atoms with Gasteiger partial charge < -0.3 is 10.1 Å². The summed E-state index contributed by atoms with van der Waals surface area (Å²) in [6.45, 7) is 0.425. The van der Waals surface area contributed by atoms with Gasteiger partial charge in [0.15, 0.2) is 0 Å². The van der Waals surface area contributed by atoms with E-state index in [1.165, 1.54) is 7.11 Å². The quantitative estimate of drug-likeness (QED) is 0.703. The first kappa shape index (κ1) is 8.52. The van der Waals surface area contributed by atoms with Crippen LogP contribution in [0.25, 0.3) is 0 Å². The maximum absolute atomic E-state index is 10.6. The zero-order valence-electron chi connectivity index (χ0n) is 6.70. The number of pyridine rings is 1. The van der Waals surface area contributed by atoms with Crippen LogP contribution in [0.3, 0.4) is 0 Å². The molecule has 0 aliphatic carbocycles. The molecule has 1 aromatic heterocycles. The van der Waals surface area contributed by atoms with Crippen LogP contribution in [0, 0.1) is 6.20 Å². The summed E-state index contributed by atoms with van der Waals surface area (Å²) in [4.78, 5) is 14.4. The van der Waals surface area contributed by atoms with Crippen molar-refractivity contribution in [3.8, 4) is 0 Å². The lowest BCUT2D eigenvalue weighted by atomic mass is 10.3. The molecule has 0 fully saturated rings. The van der Waals surface area contributed by atoms with E-state index >= 15 is 0 Å². The summed E-state index contributed by atoms with van der Waals surface area (Å²) in [6, 6.07) is 3.51. The summed E-state index contributed by atoms with van der Waals surface area (Å²) < 4.78 is 4.39. The topological polar surface area (TPSA) is 51.2 Å². The first-order chi connectivity index (χ1) is 5.83. The molecular weight excluding hydrogens is 156 g/mol. The number of carbonyl (C=O) groups excluding carboxylic acids is 1. The average molecular weight is 165 g/mol. The number of amides is 1. The molecule has 0 unspecified atom stereocenters. The minimum absolute atomic E-state index is 0.425. The number of carbonyl (C=O) groups is 1. The van der Waals surface area contributed by atoms with Crippen molar-refractivity contribution < 1.29 is 9.53 Å². The molecular formula is C8H9N2O2. The zero-order chi connectivity index (χ0) is 8.81. The summed E-state index contributed by atoms with van der Waals surface area (Å²) in [5.41, 5.74) is 0.916. The Morgan fingerprint density at radius 1 is 1.83 bits per heavy atom. The lowest BCUT2D eigenvalue weighted by Crippen LogP contribution is -2.22. The molecule has 0 aliphatic rings. The highest BCUT2D eigenvalue weighted by Crippen LogP contribution is 1.93. The summed E-state index contributed by atoms with van der Waals surface area (Å²) in [5, 5.41) is 2.53. The molecule has 0 saturated carbocycles. The molecule has 4 nitrogen and oxygen atoms in total. The molecule has 0 aromatic carbocycles. The normalized spacial score (nSPS) is 9.08. The third-order valence-electron chi connectivity index (χ3n) is 1.30. The minimum atomic E-state index is -0.442. The molecule has 0 bridgehead atoms. The van der Waals surface area contributed by atoms with Crippen molar-refractivity contribution >= 4 is 6.09 Å². The Hall–Kier alpha value is -1.58. The first-order valence-electron chi connectivity index (χ1n) is 3.45. The second-order valence-electron chi connectivity index (χ2n) is 2.14. The molecule has 63 valence electrons. The van der Waals surface area contributed by atoms with Crippen molar-refractivity contribution in [2.24, 2.45) is 0 Å². The summed E-state index contributed by atoms with van der Waals surface area (Å²) in [5.74, 6) is 0. The smallest absolute Gasteiger partial charge is 0.407 e. The van der Waals surface area contributed by atoms with Crippen LogP contribution >= 0.6 is 0 Å². The molecule has 1 rings (SSSR count). The number of alkyl carbamates (subject to hydrolysis) is 1. The number of ether oxygens (including phenoxy) is 1. The van der Waals surface area contributed by atoms with Gasteiger partial charge in [-0.3, -0.25) is 4.98 Å². The minimum Gasteiger partial charge on any atom is -0.453 e. The van der Waals surface area contributed by atoms with E-state index in [2.05, 4.69) is 21.2 Å². The van der Waals surface area contributed by atoms with Crippen LogP contribution in [-0.4, -0.2) is 18.2 Å². The van der Waals surface area contributed by atoms with Crippen LogP contribution in [0.4, 0.5) is 4.79 Å². The molecule has 0 aliphatic heterocycles. The van der Waals surface area contributed by atoms with Crippen LogP contribution in [-0.2, 0) is 11.3 Å². The van der Waals surface area contributed by atoms with Gasteiger partial charge in [-0.15, -0.1) is 0 Å².